The van der Waals surface area contributed by atoms with E-state index in [9.17, 15) is 34.8 Å². The molecule has 6 aromatic rings. The number of amides is 2. The number of rotatable bonds is 14. The van der Waals surface area contributed by atoms with Crippen molar-refractivity contribution < 1.29 is 43.7 Å². The molecule has 4 heterocycles. The number of nitrogens with one attached hydrogen (secondary N) is 5. The van der Waals surface area contributed by atoms with Gasteiger partial charge in [0.15, 0.2) is 22.7 Å². The zero-order chi connectivity index (χ0) is 46.4. The number of hydrogen-bond donors (Lipinski definition) is 5. The van der Waals surface area contributed by atoms with Crippen LogP contribution < -0.4 is 24.8 Å². The predicted octanol–water partition coefficient (Wildman–Crippen LogP) is 5.77. The highest BCUT2D eigenvalue weighted by atomic mass is 32.2. The van der Waals surface area contributed by atoms with Crippen LogP contribution in [-0.4, -0.2) is 104 Å². The van der Waals surface area contributed by atoms with Crippen molar-refractivity contribution in [3.63, 3.8) is 0 Å². The van der Waals surface area contributed by atoms with Crippen LogP contribution in [0.25, 0.3) is 21.9 Å². The molecule has 2 aromatic heterocycles. The van der Waals surface area contributed by atoms with E-state index in [1.807, 2.05) is 30.3 Å². The SMILES string of the molecule is CS(=O)(=O)Nc1ccc(CN2CCC(NC(=O)c3cc4cccc(NS(C)(=O)=O)c4o3)CC2)cc1.CS(=O)(=O)Nc1cccc2cc(C(=O)NC3CCN(Cc4ccccc4)CC3)oc12. The van der Waals surface area contributed by atoms with E-state index < -0.39 is 30.1 Å². The lowest BCUT2D eigenvalue weighted by atomic mass is 10.0. The first-order chi connectivity index (χ1) is 30.8. The van der Waals surface area contributed by atoms with Crippen molar-refractivity contribution in [2.75, 3.05) is 59.1 Å². The summed E-state index contributed by atoms with van der Waals surface area (Å²) in [5, 5.41) is 7.37. The van der Waals surface area contributed by atoms with E-state index in [2.05, 4.69) is 46.7 Å². The third kappa shape index (κ3) is 13.8. The maximum absolute atomic E-state index is 12.8. The first kappa shape index (κ1) is 47.0. The summed E-state index contributed by atoms with van der Waals surface area (Å²) in [6, 6.07) is 31.1. The lowest BCUT2D eigenvalue weighted by molar-refractivity contribution is 0.0876. The number of piperidine rings is 2. The Balaban J connectivity index is 0.000000196. The molecule has 2 aliphatic heterocycles. The lowest BCUT2D eigenvalue weighted by Gasteiger charge is -2.32. The topological polar surface area (TPSA) is 229 Å². The minimum Gasteiger partial charge on any atom is -0.449 e. The quantitative estimate of drug-likeness (QED) is 0.0877. The van der Waals surface area contributed by atoms with Gasteiger partial charge in [-0.1, -0.05) is 66.7 Å². The van der Waals surface area contributed by atoms with Crippen LogP contribution >= 0.6 is 0 Å². The second-order valence-electron chi connectivity index (χ2n) is 16.5. The summed E-state index contributed by atoms with van der Waals surface area (Å²) >= 11 is 0. The van der Waals surface area contributed by atoms with Crippen molar-refractivity contribution in [2.24, 2.45) is 0 Å². The van der Waals surface area contributed by atoms with Crippen molar-refractivity contribution in [1.82, 2.24) is 20.4 Å². The zero-order valence-corrected chi connectivity index (χ0v) is 38.7. The first-order valence-corrected chi connectivity index (χ1v) is 26.7. The fourth-order valence-electron chi connectivity index (χ4n) is 7.89. The van der Waals surface area contributed by atoms with Gasteiger partial charge in [-0.15, -0.1) is 0 Å². The Labute approximate surface area is 379 Å². The van der Waals surface area contributed by atoms with Crippen LogP contribution in [0.4, 0.5) is 17.1 Å². The number of para-hydroxylation sites is 2. The number of carbonyl (C=O) groups is 2. The van der Waals surface area contributed by atoms with Gasteiger partial charge in [0.05, 0.1) is 30.1 Å². The molecule has 0 aliphatic carbocycles. The number of fused-ring (bicyclic) bond motifs is 2. The molecule has 8 rings (SSSR count). The molecule has 20 heteroatoms. The van der Waals surface area contributed by atoms with Crippen molar-refractivity contribution >= 4 is 80.9 Å². The van der Waals surface area contributed by atoms with Crippen molar-refractivity contribution in [3.8, 4) is 0 Å². The number of nitrogens with zero attached hydrogens (tertiary/aromatic N) is 2. The molecule has 0 unspecified atom stereocenters. The van der Waals surface area contributed by atoms with Gasteiger partial charge >= 0.3 is 0 Å². The van der Waals surface area contributed by atoms with Crippen LogP contribution in [0.2, 0.25) is 0 Å². The summed E-state index contributed by atoms with van der Waals surface area (Å²) in [5.74, 6) is -0.302. The highest BCUT2D eigenvalue weighted by Crippen LogP contribution is 2.29. The van der Waals surface area contributed by atoms with E-state index in [0.717, 1.165) is 89.3 Å². The van der Waals surface area contributed by atoms with Crippen molar-refractivity contribution in [3.05, 3.63) is 126 Å². The van der Waals surface area contributed by atoms with E-state index in [4.69, 9.17) is 8.83 Å². The molecule has 4 aromatic carbocycles. The molecular formula is C45H53N7O10S3. The largest absolute Gasteiger partial charge is 0.449 e. The van der Waals surface area contributed by atoms with Gasteiger partial charge in [-0.25, -0.2) is 25.3 Å². The van der Waals surface area contributed by atoms with E-state index in [1.165, 1.54) is 5.56 Å². The van der Waals surface area contributed by atoms with Gasteiger partial charge in [0.25, 0.3) is 11.8 Å². The Morgan fingerprint density at radius 2 is 0.923 bits per heavy atom. The monoisotopic (exact) mass is 947 g/mol. The Morgan fingerprint density at radius 1 is 0.523 bits per heavy atom. The molecule has 2 saturated heterocycles. The molecule has 17 nitrogen and oxygen atoms in total. The molecule has 2 fully saturated rings. The second-order valence-corrected chi connectivity index (χ2v) is 21.8. The number of furan rings is 2. The molecule has 0 atom stereocenters. The predicted molar refractivity (Wildman–Crippen MR) is 252 cm³/mol. The normalized spacial score (nSPS) is 15.8. The average molecular weight is 948 g/mol. The van der Waals surface area contributed by atoms with Gasteiger partial charge < -0.3 is 19.5 Å². The highest BCUT2D eigenvalue weighted by molar-refractivity contribution is 7.92. The fourth-order valence-corrected chi connectivity index (χ4v) is 9.57. The van der Waals surface area contributed by atoms with Crippen LogP contribution in [-0.2, 0) is 43.2 Å². The molecule has 2 aliphatic rings. The van der Waals surface area contributed by atoms with Crippen molar-refractivity contribution in [2.45, 2.75) is 50.9 Å². The number of hydrogen-bond acceptors (Lipinski definition) is 12. The fraction of sp³-hybridized carbons (Fsp3) is 0.333. The minimum absolute atomic E-state index is 0.00177. The third-order valence-corrected chi connectivity index (χ3v) is 12.7. The number of likely N-dealkylation sites (tertiary alicyclic amines) is 2. The van der Waals surface area contributed by atoms with Crippen LogP contribution in [0, 0.1) is 0 Å². The van der Waals surface area contributed by atoms with Crippen LogP contribution in [0.3, 0.4) is 0 Å². The van der Waals surface area contributed by atoms with E-state index in [-0.39, 0.29) is 41.1 Å². The Kier molecular flexibility index (Phi) is 14.5. The summed E-state index contributed by atoms with van der Waals surface area (Å²) in [6.07, 6.45) is 6.55. The van der Waals surface area contributed by atoms with E-state index in [1.54, 1.807) is 60.7 Å². The minimum atomic E-state index is -3.48. The smallest absolute Gasteiger partial charge is 0.287 e. The summed E-state index contributed by atoms with van der Waals surface area (Å²) in [7, 11) is -10.2. The maximum atomic E-state index is 12.8. The molecule has 0 radical (unpaired) electrons. The summed E-state index contributed by atoms with van der Waals surface area (Å²) in [4.78, 5) is 30.1. The molecule has 5 N–H and O–H groups in total. The average Bonchev–Trinajstić information content (AvgIpc) is 3.89. The van der Waals surface area contributed by atoms with Crippen LogP contribution in [0.5, 0.6) is 0 Å². The molecule has 65 heavy (non-hydrogen) atoms. The summed E-state index contributed by atoms with van der Waals surface area (Å²) in [5.41, 5.74) is 4.18. The van der Waals surface area contributed by atoms with Gasteiger partial charge in [-0.3, -0.25) is 33.6 Å². The number of sulfonamides is 3. The van der Waals surface area contributed by atoms with Crippen molar-refractivity contribution in [1.29, 1.82) is 0 Å². The van der Waals surface area contributed by atoms with Gasteiger partial charge in [0, 0.05) is 67.8 Å². The van der Waals surface area contributed by atoms with Gasteiger partial charge in [-0.05, 0) is 73.2 Å². The van der Waals surface area contributed by atoms with Gasteiger partial charge in [0.1, 0.15) is 0 Å². The van der Waals surface area contributed by atoms with Crippen LogP contribution in [0.15, 0.2) is 112 Å². The highest BCUT2D eigenvalue weighted by Gasteiger charge is 2.25. The molecule has 346 valence electrons. The van der Waals surface area contributed by atoms with E-state index in [0.29, 0.717) is 33.3 Å². The van der Waals surface area contributed by atoms with Crippen LogP contribution in [0.1, 0.15) is 57.9 Å². The third-order valence-electron chi connectivity index (χ3n) is 10.9. The molecule has 0 bridgehead atoms. The second kappa shape index (κ2) is 20.1. The Morgan fingerprint density at radius 3 is 1.32 bits per heavy atom. The van der Waals surface area contributed by atoms with Gasteiger partial charge in [0.2, 0.25) is 30.1 Å². The molecular weight excluding hydrogens is 895 g/mol. The number of carbonyl (C=O) groups excluding carboxylic acids is 2. The summed E-state index contributed by atoms with van der Waals surface area (Å²) in [6.45, 7) is 5.10. The first-order valence-electron chi connectivity index (χ1n) is 21.0. The van der Waals surface area contributed by atoms with E-state index >= 15 is 0 Å². The Hall–Kier alpha value is -5.93. The van der Waals surface area contributed by atoms with Gasteiger partial charge in [-0.2, -0.15) is 0 Å². The molecule has 0 saturated carbocycles. The molecule has 0 spiro atoms. The zero-order valence-electron chi connectivity index (χ0n) is 36.2. The Bertz CT molecular complexity index is 2960. The summed E-state index contributed by atoms with van der Waals surface area (Å²) < 4.78 is 87.6. The maximum Gasteiger partial charge on any atom is 0.287 e. The molecule has 2 amide bonds. The number of anilines is 3. The standard InChI is InChI=1S/C23H28N4O6S2.C22H25N3O4S/c1-34(29,30)25-19-8-6-16(7-9-19)15-27-12-10-18(11-13-27)24-23(28)21-14-17-4-3-5-20(22(17)33-21)26-35(2,31)32;1-30(27,28)24-19-9-5-8-17-14-20(29-21(17)19)22(26)23-18-10-12-25(13-11-18)15-16-6-3-2-4-7-16/h3-9,14,18,25-26H,10-13,15H2,1-2H3,(H,24,28);2-9,14,18,24H,10-13,15H2,1H3,(H,23,26). The number of benzene rings is 4. The lowest BCUT2D eigenvalue weighted by Crippen LogP contribution is -2.44.